The average Bonchev–Trinajstić information content (AvgIpc) is 2.60. The van der Waals surface area contributed by atoms with Gasteiger partial charge in [0, 0.05) is 12.4 Å². The van der Waals surface area contributed by atoms with Crippen LogP contribution in [0.5, 0.6) is 0 Å². The fourth-order valence-electron chi connectivity index (χ4n) is 2.68. The van der Waals surface area contributed by atoms with Gasteiger partial charge in [-0.2, -0.15) is 13.2 Å². The third-order valence-electron chi connectivity index (χ3n) is 3.92. The molecule has 1 aromatic heterocycles. The first kappa shape index (κ1) is 21.2. The zero-order valence-electron chi connectivity index (χ0n) is 15.2. The van der Waals surface area contributed by atoms with Crippen molar-refractivity contribution in [3.8, 4) is 11.1 Å². The molecule has 0 bridgehead atoms. The predicted octanol–water partition coefficient (Wildman–Crippen LogP) is 4.39. The van der Waals surface area contributed by atoms with Crippen molar-refractivity contribution in [3.05, 3.63) is 48.3 Å². The van der Waals surface area contributed by atoms with Crippen LogP contribution in [0.4, 0.5) is 23.7 Å². The van der Waals surface area contributed by atoms with Crippen molar-refractivity contribution in [2.75, 3.05) is 5.32 Å². The van der Waals surface area contributed by atoms with Crippen LogP contribution in [0, 0.1) is 5.92 Å². The fraction of sp³-hybridized carbons (Fsp3) is 0.316. The van der Waals surface area contributed by atoms with E-state index < -0.39 is 35.5 Å². The summed E-state index contributed by atoms with van der Waals surface area (Å²) in [5, 5.41) is 13.1. The molecule has 6 nitrogen and oxygen atoms in total. The van der Waals surface area contributed by atoms with Gasteiger partial charge in [-0.25, -0.2) is 4.79 Å². The van der Waals surface area contributed by atoms with Crippen LogP contribution in [-0.4, -0.2) is 28.1 Å². The molecule has 1 aromatic carbocycles. The molecule has 2 rings (SSSR count). The zero-order chi connectivity index (χ0) is 20.9. The number of benzene rings is 1. The number of pyridine rings is 1. The Morgan fingerprint density at radius 3 is 2.29 bits per heavy atom. The molecule has 2 aromatic rings. The molecule has 0 saturated carbocycles. The van der Waals surface area contributed by atoms with Crippen LogP contribution in [0.25, 0.3) is 11.1 Å². The molecule has 0 aliphatic heterocycles. The molecule has 1 atom stereocenters. The Hall–Kier alpha value is -3.10. The van der Waals surface area contributed by atoms with Crippen molar-refractivity contribution >= 4 is 17.7 Å². The molecule has 1 unspecified atom stereocenters. The van der Waals surface area contributed by atoms with Crippen molar-refractivity contribution in [1.29, 1.82) is 0 Å². The Balaban J connectivity index is 2.36. The summed E-state index contributed by atoms with van der Waals surface area (Å²) >= 11 is 0. The Labute approximate surface area is 159 Å². The van der Waals surface area contributed by atoms with E-state index in [4.69, 9.17) is 5.11 Å². The number of halogens is 3. The van der Waals surface area contributed by atoms with Gasteiger partial charge in [-0.05, 0) is 47.7 Å². The van der Waals surface area contributed by atoms with E-state index in [0.717, 1.165) is 12.1 Å². The Morgan fingerprint density at radius 1 is 1.11 bits per heavy atom. The summed E-state index contributed by atoms with van der Waals surface area (Å²) in [5.41, 5.74) is -0.594. The summed E-state index contributed by atoms with van der Waals surface area (Å²) in [6.45, 7) is 3.54. The van der Waals surface area contributed by atoms with Gasteiger partial charge in [-0.1, -0.05) is 19.9 Å². The van der Waals surface area contributed by atoms with Gasteiger partial charge in [0.05, 0.1) is 11.3 Å². The molecule has 0 spiro atoms. The minimum atomic E-state index is -4.71. The summed E-state index contributed by atoms with van der Waals surface area (Å²) in [4.78, 5) is 27.1. The minimum Gasteiger partial charge on any atom is -0.465 e. The van der Waals surface area contributed by atoms with E-state index in [0.29, 0.717) is 11.1 Å². The number of alkyl halides is 3. The lowest BCUT2D eigenvalue weighted by molar-refractivity contribution is -0.137. The molecule has 0 aliphatic rings. The smallest absolute Gasteiger partial charge is 0.418 e. The highest BCUT2D eigenvalue weighted by Crippen LogP contribution is 2.37. The van der Waals surface area contributed by atoms with E-state index in [1.54, 1.807) is 26.0 Å². The largest absolute Gasteiger partial charge is 0.465 e. The summed E-state index contributed by atoms with van der Waals surface area (Å²) in [5.74, 6) is -0.892. The molecule has 9 heteroatoms. The van der Waals surface area contributed by atoms with Crippen molar-refractivity contribution in [2.45, 2.75) is 32.5 Å². The maximum Gasteiger partial charge on any atom is 0.418 e. The van der Waals surface area contributed by atoms with Gasteiger partial charge in [0.2, 0.25) is 5.91 Å². The number of carbonyl (C=O) groups is 2. The topological polar surface area (TPSA) is 91.3 Å². The molecule has 1 heterocycles. The highest BCUT2D eigenvalue weighted by atomic mass is 19.4. The monoisotopic (exact) mass is 395 g/mol. The highest BCUT2D eigenvalue weighted by Gasteiger charge is 2.35. The van der Waals surface area contributed by atoms with E-state index in [9.17, 15) is 22.8 Å². The van der Waals surface area contributed by atoms with Crippen LogP contribution in [-0.2, 0) is 11.0 Å². The molecule has 28 heavy (non-hydrogen) atoms. The first-order chi connectivity index (χ1) is 13.1. The molecule has 0 fully saturated rings. The molecular formula is C19H20F3N3O3. The Kier molecular flexibility index (Phi) is 6.61. The van der Waals surface area contributed by atoms with Crippen LogP contribution in [0.2, 0.25) is 0 Å². The van der Waals surface area contributed by atoms with E-state index >= 15 is 0 Å². The van der Waals surface area contributed by atoms with Crippen molar-refractivity contribution in [3.63, 3.8) is 0 Å². The molecule has 0 radical (unpaired) electrons. The minimum absolute atomic E-state index is 0.0428. The van der Waals surface area contributed by atoms with Crippen LogP contribution in [0.15, 0.2) is 42.7 Å². The number of hydrogen-bond acceptors (Lipinski definition) is 3. The highest BCUT2D eigenvalue weighted by molar-refractivity contribution is 5.97. The third kappa shape index (κ3) is 5.70. The summed E-state index contributed by atoms with van der Waals surface area (Å²) < 4.78 is 40.6. The standard InChI is InChI=1S/C19H20F3N3O3/c1-11(2)9-16(25-18(27)28)17(26)24-15-4-3-13(10-14(15)19(20,21)22)12-5-7-23-8-6-12/h3-8,10-11,16,25H,9H2,1-2H3,(H,24,26)(H,27,28). The first-order valence-electron chi connectivity index (χ1n) is 8.50. The van der Waals surface area contributed by atoms with Gasteiger partial charge in [0.15, 0.2) is 0 Å². The summed E-state index contributed by atoms with van der Waals surface area (Å²) in [7, 11) is 0. The quantitative estimate of drug-likeness (QED) is 0.677. The predicted molar refractivity (Wildman–Crippen MR) is 97.7 cm³/mol. The number of anilines is 1. The lowest BCUT2D eigenvalue weighted by atomic mass is 10.0. The van der Waals surface area contributed by atoms with Crippen molar-refractivity contribution in [1.82, 2.24) is 10.3 Å². The van der Waals surface area contributed by atoms with Crippen molar-refractivity contribution < 1.29 is 27.9 Å². The van der Waals surface area contributed by atoms with Crippen LogP contribution < -0.4 is 10.6 Å². The van der Waals surface area contributed by atoms with Gasteiger partial charge in [-0.3, -0.25) is 9.78 Å². The number of rotatable bonds is 6. The lowest BCUT2D eigenvalue weighted by Crippen LogP contribution is -2.44. The molecule has 0 saturated heterocycles. The van der Waals surface area contributed by atoms with Crippen molar-refractivity contribution in [2.24, 2.45) is 5.92 Å². The van der Waals surface area contributed by atoms with E-state index in [-0.39, 0.29) is 12.3 Å². The van der Waals surface area contributed by atoms with Crippen LogP contribution in [0.3, 0.4) is 0 Å². The SMILES string of the molecule is CC(C)CC(NC(=O)O)C(=O)Nc1ccc(-c2ccncc2)cc1C(F)(F)F. The van der Waals surface area contributed by atoms with Gasteiger partial charge in [0.1, 0.15) is 6.04 Å². The van der Waals surface area contributed by atoms with Crippen LogP contribution in [0.1, 0.15) is 25.8 Å². The number of amides is 2. The molecular weight excluding hydrogens is 375 g/mol. The van der Waals surface area contributed by atoms with Gasteiger partial charge in [-0.15, -0.1) is 0 Å². The second-order valence-electron chi connectivity index (χ2n) is 6.61. The second-order valence-corrected chi connectivity index (χ2v) is 6.61. The van der Waals surface area contributed by atoms with E-state index in [1.807, 2.05) is 5.32 Å². The van der Waals surface area contributed by atoms with E-state index in [1.165, 1.54) is 18.5 Å². The fourth-order valence-corrected chi connectivity index (χ4v) is 2.68. The Bertz CT molecular complexity index is 839. The molecule has 150 valence electrons. The maximum absolute atomic E-state index is 13.5. The molecule has 0 aliphatic carbocycles. The van der Waals surface area contributed by atoms with Crippen LogP contribution >= 0.6 is 0 Å². The number of hydrogen-bond donors (Lipinski definition) is 3. The number of aromatic nitrogens is 1. The average molecular weight is 395 g/mol. The number of carboxylic acid groups (broad SMARTS) is 1. The zero-order valence-corrected chi connectivity index (χ0v) is 15.2. The lowest BCUT2D eigenvalue weighted by Gasteiger charge is -2.21. The van der Waals surface area contributed by atoms with Gasteiger partial charge >= 0.3 is 12.3 Å². The molecule has 2 amide bonds. The second kappa shape index (κ2) is 8.73. The number of nitrogens with one attached hydrogen (secondary N) is 2. The summed E-state index contributed by atoms with van der Waals surface area (Å²) in [6, 6.07) is 5.52. The van der Waals surface area contributed by atoms with Gasteiger partial charge in [0.25, 0.3) is 0 Å². The normalized spacial score (nSPS) is 12.5. The first-order valence-corrected chi connectivity index (χ1v) is 8.50. The Morgan fingerprint density at radius 2 is 1.75 bits per heavy atom. The third-order valence-corrected chi connectivity index (χ3v) is 3.92. The number of nitrogens with zero attached hydrogens (tertiary/aromatic N) is 1. The number of carbonyl (C=O) groups excluding carboxylic acids is 1. The van der Waals surface area contributed by atoms with Gasteiger partial charge < -0.3 is 15.7 Å². The maximum atomic E-state index is 13.5. The van der Waals surface area contributed by atoms with E-state index in [2.05, 4.69) is 10.3 Å². The summed E-state index contributed by atoms with van der Waals surface area (Å²) in [6.07, 6.45) is -3.06. The molecule has 3 N–H and O–H groups in total.